The molecule has 2 unspecified atom stereocenters. The molecule has 1 saturated carbocycles. The number of unbranched alkanes of at least 4 members (excludes halogenated alkanes) is 1. The number of hydrogen-bond acceptors (Lipinski definition) is 4. The predicted molar refractivity (Wildman–Crippen MR) is 128 cm³/mol. The maximum atomic E-state index is 13.5. The molecular formula is C28H42O4. The Kier molecular flexibility index (Phi) is 8.95. The summed E-state index contributed by atoms with van der Waals surface area (Å²) in [6, 6.07) is 8.16. The summed E-state index contributed by atoms with van der Waals surface area (Å²) < 4.78 is 12.2. The molecule has 1 N–H and O–H groups in total. The van der Waals surface area contributed by atoms with E-state index in [2.05, 4.69) is 39.8 Å². The van der Waals surface area contributed by atoms with Gasteiger partial charge in [-0.25, -0.2) is 4.79 Å². The fourth-order valence-electron chi connectivity index (χ4n) is 5.38. The molecule has 0 spiro atoms. The van der Waals surface area contributed by atoms with Gasteiger partial charge in [-0.2, -0.15) is 0 Å². The molecule has 1 aromatic carbocycles. The molecule has 5 atom stereocenters. The van der Waals surface area contributed by atoms with Crippen molar-refractivity contribution in [3.63, 3.8) is 0 Å². The Bertz CT molecular complexity index is 770. The molecule has 2 aliphatic carbocycles. The van der Waals surface area contributed by atoms with Crippen molar-refractivity contribution in [2.24, 2.45) is 17.8 Å². The zero-order valence-electron chi connectivity index (χ0n) is 20.4. The van der Waals surface area contributed by atoms with Crippen molar-refractivity contribution in [1.29, 1.82) is 0 Å². The third kappa shape index (κ3) is 6.23. The van der Waals surface area contributed by atoms with Crippen LogP contribution >= 0.6 is 0 Å². The third-order valence-electron chi connectivity index (χ3n) is 7.35. The van der Waals surface area contributed by atoms with Gasteiger partial charge >= 0.3 is 5.97 Å². The highest BCUT2D eigenvalue weighted by atomic mass is 16.6. The van der Waals surface area contributed by atoms with Crippen molar-refractivity contribution in [2.75, 3.05) is 6.61 Å². The van der Waals surface area contributed by atoms with Gasteiger partial charge in [-0.1, -0.05) is 77.0 Å². The number of aryl methyl sites for hydroxylation is 1. The Morgan fingerprint density at radius 2 is 1.97 bits per heavy atom. The van der Waals surface area contributed by atoms with Gasteiger partial charge in [0.2, 0.25) is 0 Å². The molecule has 2 aliphatic rings. The van der Waals surface area contributed by atoms with Crippen LogP contribution in [-0.2, 0) is 27.1 Å². The van der Waals surface area contributed by atoms with E-state index in [-0.39, 0.29) is 6.10 Å². The lowest BCUT2D eigenvalue weighted by Crippen LogP contribution is -2.54. The fourth-order valence-corrected chi connectivity index (χ4v) is 5.38. The zero-order valence-corrected chi connectivity index (χ0v) is 20.4. The monoisotopic (exact) mass is 442 g/mol. The van der Waals surface area contributed by atoms with Gasteiger partial charge in [0.15, 0.2) is 6.10 Å². The number of carbonyl (C=O) groups excluding carboxylic acids is 1. The summed E-state index contributed by atoms with van der Waals surface area (Å²) in [7, 11) is 0. The number of rotatable bonds is 9. The van der Waals surface area contributed by atoms with Gasteiger partial charge < -0.3 is 14.6 Å². The Morgan fingerprint density at radius 3 is 2.69 bits per heavy atom. The lowest BCUT2D eigenvalue weighted by atomic mass is 9.75. The van der Waals surface area contributed by atoms with E-state index in [1.54, 1.807) is 0 Å². The molecule has 32 heavy (non-hydrogen) atoms. The van der Waals surface area contributed by atoms with Gasteiger partial charge in [-0.3, -0.25) is 0 Å². The minimum atomic E-state index is -1.25. The highest BCUT2D eigenvalue weighted by Crippen LogP contribution is 2.37. The van der Waals surface area contributed by atoms with Crippen molar-refractivity contribution >= 4 is 5.97 Å². The first-order valence-corrected chi connectivity index (χ1v) is 12.6. The highest BCUT2D eigenvalue weighted by molar-refractivity contribution is 5.77. The zero-order chi connectivity index (χ0) is 23.1. The summed E-state index contributed by atoms with van der Waals surface area (Å²) in [6.45, 7) is 9.08. The first-order chi connectivity index (χ1) is 15.3. The molecule has 4 nitrogen and oxygen atoms in total. The number of esters is 1. The third-order valence-corrected chi connectivity index (χ3v) is 7.35. The van der Waals surface area contributed by atoms with Crippen LogP contribution in [0.2, 0.25) is 0 Å². The van der Waals surface area contributed by atoms with Gasteiger partial charge in [-0.15, -0.1) is 0 Å². The van der Waals surface area contributed by atoms with Crippen LogP contribution in [0, 0.1) is 17.8 Å². The van der Waals surface area contributed by atoms with E-state index in [0.717, 1.165) is 37.7 Å². The number of aliphatic hydroxyl groups is 1. The maximum Gasteiger partial charge on any atom is 0.338 e. The fraction of sp³-hybridized carbons (Fsp3) is 0.679. The summed E-state index contributed by atoms with van der Waals surface area (Å²) in [5.74, 6) is 0.965. The molecule has 0 bridgehead atoms. The van der Waals surface area contributed by atoms with Crippen molar-refractivity contribution in [3.8, 4) is 0 Å². The van der Waals surface area contributed by atoms with E-state index < -0.39 is 17.7 Å². The molecule has 0 saturated heterocycles. The van der Waals surface area contributed by atoms with Gasteiger partial charge in [0.25, 0.3) is 0 Å². The van der Waals surface area contributed by atoms with Crippen molar-refractivity contribution in [2.45, 2.75) is 96.9 Å². The Balaban J connectivity index is 1.78. The van der Waals surface area contributed by atoms with Crippen LogP contribution in [0.3, 0.4) is 0 Å². The van der Waals surface area contributed by atoms with E-state index in [4.69, 9.17) is 9.47 Å². The highest BCUT2D eigenvalue weighted by Gasteiger charge is 2.47. The Hall–Kier alpha value is -1.65. The molecule has 1 fully saturated rings. The molecule has 0 amide bonds. The summed E-state index contributed by atoms with van der Waals surface area (Å²) in [4.78, 5) is 13.5. The predicted octanol–water partition coefficient (Wildman–Crippen LogP) is 5.65. The normalized spacial score (nSPS) is 29.1. The number of benzene rings is 1. The van der Waals surface area contributed by atoms with Crippen LogP contribution in [-0.4, -0.2) is 35.5 Å². The molecule has 0 aliphatic heterocycles. The van der Waals surface area contributed by atoms with Crippen molar-refractivity contribution in [3.05, 3.63) is 47.5 Å². The van der Waals surface area contributed by atoms with E-state index in [9.17, 15) is 9.90 Å². The molecule has 0 radical (unpaired) electrons. The number of allylic oxidation sites excluding steroid dienone is 1. The van der Waals surface area contributed by atoms with Crippen LogP contribution in [0.4, 0.5) is 0 Å². The van der Waals surface area contributed by atoms with E-state index in [0.29, 0.717) is 37.2 Å². The lowest BCUT2D eigenvalue weighted by Gasteiger charge is -2.41. The molecule has 0 heterocycles. The van der Waals surface area contributed by atoms with Gasteiger partial charge in [0, 0.05) is 6.42 Å². The minimum Gasteiger partial charge on any atom is -0.460 e. The molecule has 4 heteroatoms. The smallest absolute Gasteiger partial charge is 0.338 e. The molecule has 1 aromatic rings. The van der Waals surface area contributed by atoms with Crippen molar-refractivity contribution in [1.82, 2.24) is 0 Å². The topological polar surface area (TPSA) is 55.8 Å². The van der Waals surface area contributed by atoms with Gasteiger partial charge in [0.05, 0.1) is 6.61 Å². The summed E-state index contributed by atoms with van der Waals surface area (Å²) >= 11 is 0. The van der Waals surface area contributed by atoms with Crippen LogP contribution in [0.15, 0.2) is 36.4 Å². The van der Waals surface area contributed by atoms with Gasteiger partial charge in [0.1, 0.15) is 11.7 Å². The van der Waals surface area contributed by atoms with Crippen LogP contribution in [0.25, 0.3) is 0 Å². The summed E-state index contributed by atoms with van der Waals surface area (Å²) in [5.41, 5.74) is 1.08. The molecular weight excluding hydrogens is 400 g/mol. The first-order valence-electron chi connectivity index (χ1n) is 12.6. The van der Waals surface area contributed by atoms with Crippen LogP contribution in [0.1, 0.15) is 77.3 Å². The molecule has 178 valence electrons. The summed E-state index contributed by atoms with van der Waals surface area (Å²) in [5, 5.41) is 11.7. The first kappa shape index (κ1) is 25.0. The summed E-state index contributed by atoms with van der Waals surface area (Å²) in [6.07, 6.45) is 9.78. The Morgan fingerprint density at radius 1 is 1.22 bits per heavy atom. The standard InChI is InChI=1S/C28H42O4/c1-5-6-7-10-17-31-26(28(30)16-15-22-11-8-9-12-23(22)19-28)27(29)32-25-18-21(4)13-14-24(25)20(2)3/h7-12,20-21,24-26,30H,5-6,13-19H2,1-4H3/b10-7+/t21-,24+,25-,26?,28?/m1/s1. The molecule has 0 aromatic heterocycles. The maximum absolute atomic E-state index is 13.5. The van der Waals surface area contributed by atoms with Gasteiger partial charge in [-0.05, 0) is 61.0 Å². The number of carbonyl (C=O) groups is 1. The quantitative estimate of drug-likeness (QED) is 0.396. The second-order valence-electron chi connectivity index (χ2n) is 10.3. The number of ether oxygens (including phenoxy) is 2. The van der Waals surface area contributed by atoms with Crippen molar-refractivity contribution < 1.29 is 19.4 Å². The average molecular weight is 443 g/mol. The van der Waals surface area contributed by atoms with E-state index in [1.807, 2.05) is 24.3 Å². The van der Waals surface area contributed by atoms with E-state index >= 15 is 0 Å². The van der Waals surface area contributed by atoms with Crippen LogP contribution < -0.4 is 0 Å². The van der Waals surface area contributed by atoms with Crippen LogP contribution in [0.5, 0.6) is 0 Å². The lowest BCUT2D eigenvalue weighted by molar-refractivity contribution is -0.188. The molecule has 3 rings (SSSR count). The van der Waals surface area contributed by atoms with E-state index in [1.165, 1.54) is 12.0 Å². The minimum absolute atomic E-state index is 0.104. The second-order valence-corrected chi connectivity index (χ2v) is 10.3. The largest absolute Gasteiger partial charge is 0.460 e. The SMILES string of the molecule is CCC/C=C/COC(C(=O)O[C@@H]1C[C@H](C)CC[C@H]1C(C)C)C1(O)CCc2ccccc2C1. The second kappa shape index (κ2) is 11.5. The Labute approximate surface area is 194 Å². The number of hydrogen-bond donors (Lipinski definition) is 1. The average Bonchev–Trinajstić information content (AvgIpc) is 2.75. The number of fused-ring (bicyclic) bond motifs is 1.